The van der Waals surface area contributed by atoms with E-state index in [1.165, 1.54) is 49.2 Å². The molecule has 1 fully saturated rings. The highest BCUT2D eigenvalue weighted by Crippen LogP contribution is 2.28. The van der Waals surface area contributed by atoms with E-state index in [9.17, 15) is 14.9 Å². The number of hydrogen-bond acceptors (Lipinski definition) is 7. The number of nitro groups is 1. The Morgan fingerprint density at radius 1 is 1.12 bits per heavy atom. The van der Waals surface area contributed by atoms with Crippen LogP contribution >= 0.6 is 23.4 Å². The molecule has 1 saturated heterocycles. The first-order valence-corrected chi connectivity index (χ1v) is 12.0. The van der Waals surface area contributed by atoms with Gasteiger partial charge in [0, 0.05) is 17.8 Å². The lowest BCUT2D eigenvalue weighted by molar-refractivity contribution is -0.384. The number of nitrogens with one attached hydrogen (secondary N) is 1. The zero-order valence-corrected chi connectivity index (χ0v) is 19.4. The van der Waals surface area contributed by atoms with Gasteiger partial charge in [0.1, 0.15) is 0 Å². The van der Waals surface area contributed by atoms with Gasteiger partial charge in [0.2, 0.25) is 5.91 Å². The topological polar surface area (TPSA) is 106 Å². The molecule has 1 aliphatic heterocycles. The van der Waals surface area contributed by atoms with Crippen LogP contribution in [0.3, 0.4) is 0 Å². The number of carbonyl (C=O) groups excluding carboxylic acids is 1. The Hall–Kier alpha value is -2.95. The summed E-state index contributed by atoms with van der Waals surface area (Å²) in [6.45, 7) is 2.77. The SMILES string of the molecule is O=C(CSc1nnc(CN2CCCCC2)n1-c1ccccc1)Nc1cc([N+](=O)[O-])ccc1Cl. The molecular formula is C22H23ClN6O3S. The van der Waals surface area contributed by atoms with Crippen molar-refractivity contribution >= 4 is 40.6 Å². The maximum absolute atomic E-state index is 12.6. The summed E-state index contributed by atoms with van der Waals surface area (Å²) in [5.41, 5.74) is 0.986. The second-order valence-electron chi connectivity index (χ2n) is 7.66. The van der Waals surface area contributed by atoms with Crippen LogP contribution in [0, 0.1) is 10.1 Å². The Balaban J connectivity index is 1.49. The van der Waals surface area contributed by atoms with E-state index in [-0.39, 0.29) is 28.1 Å². The van der Waals surface area contributed by atoms with Gasteiger partial charge in [-0.2, -0.15) is 0 Å². The second kappa shape index (κ2) is 10.8. The molecule has 0 atom stereocenters. The van der Waals surface area contributed by atoms with Crippen molar-refractivity contribution in [2.24, 2.45) is 0 Å². The molecule has 1 N–H and O–H groups in total. The van der Waals surface area contributed by atoms with E-state index in [1.54, 1.807) is 0 Å². The van der Waals surface area contributed by atoms with Crippen molar-refractivity contribution in [2.75, 3.05) is 24.2 Å². The van der Waals surface area contributed by atoms with E-state index in [2.05, 4.69) is 20.4 Å². The molecule has 0 spiro atoms. The van der Waals surface area contributed by atoms with Crippen molar-refractivity contribution in [2.45, 2.75) is 31.0 Å². The number of benzene rings is 2. The third kappa shape index (κ3) is 5.89. The molecule has 2 heterocycles. The van der Waals surface area contributed by atoms with Gasteiger partial charge in [-0.05, 0) is 44.1 Å². The van der Waals surface area contributed by atoms with Crippen LogP contribution in [0.1, 0.15) is 25.1 Å². The number of aromatic nitrogens is 3. The zero-order valence-electron chi connectivity index (χ0n) is 17.8. The number of anilines is 1. The van der Waals surface area contributed by atoms with Gasteiger partial charge in [-0.15, -0.1) is 10.2 Å². The van der Waals surface area contributed by atoms with E-state index < -0.39 is 4.92 Å². The summed E-state index contributed by atoms with van der Waals surface area (Å²) in [4.78, 5) is 25.4. The number of para-hydroxylation sites is 1. The van der Waals surface area contributed by atoms with Gasteiger partial charge in [-0.1, -0.05) is 48.0 Å². The monoisotopic (exact) mass is 486 g/mol. The number of piperidine rings is 1. The normalized spacial score (nSPS) is 14.2. The van der Waals surface area contributed by atoms with Crippen molar-refractivity contribution in [1.29, 1.82) is 0 Å². The molecule has 33 heavy (non-hydrogen) atoms. The third-order valence-corrected chi connectivity index (χ3v) is 6.55. The predicted molar refractivity (Wildman–Crippen MR) is 128 cm³/mol. The first-order valence-electron chi connectivity index (χ1n) is 10.6. The highest BCUT2D eigenvalue weighted by atomic mass is 35.5. The predicted octanol–water partition coefficient (Wildman–Crippen LogP) is 4.55. The lowest BCUT2D eigenvalue weighted by Gasteiger charge is -2.26. The van der Waals surface area contributed by atoms with Gasteiger partial charge in [0.05, 0.1) is 27.9 Å². The van der Waals surface area contributed by atoms with Crippen molar-refractivity contribution in [3.8, 4) is 5.69 Å². The molecule has 0 saturated carbocycles. The van der Waals surface area contributed by atoms with Crippen LogP contribution < -0.4 is 5.32 Å². The minimum atomic E-state index is -0.535. The molecule has 172 valence electrons. The smallest absolute Gasteiger partial charge is 0.271 e. The molecule has 0 bridgehead atoms. The molecule has 11 heteroatoms. The molecule has 3 aromatic rings. The first kappa shape index (κ1) is 23.2. The number of carbonyl (C=O) groups is 1. The Labute approximate surface area is 200 Å². The van der Waals surface area contributed by atoms with E-state index in [1.807, 2.05) is 34.9 Å². The van der Waals surface area contributed by atoms with Gasteiger partial charge >= 0.3 is 0 Å². The summed E-state index contributed by atoms with van der Waals surface area (Å²) in [5, 5.41) is 23.2. The van der Waals surface area contributed by atoms with Crippen LogP contribution in [0.15, 0.2) is 53.7 Å². The highest BCUT2D eigenvalue weighted by Gasteiger charge is 2.20. The summed E-state index contributed by atoms with van der Waals surface area (Å²) in [7, 11) is 0. The number of nitrogens with zero attached hydrogens (tertiary/aromatic N) is 5. The summed E-state index contributed by atoms with van der Waals surface area (Å²) < 4.78 is 1.98. The molecule has 0 unspecified atom stereocenters. The summed E-state index contributed by atoms with van der Waals surface area (Å²) in [6, 6.07) is 13.7. The minimum absolute atomic E-state index is 0.0493. The van der Waals surface area contributed by atoms with Crippen LogP contribution in [0.2, 0.25) is 5.02 Å². The lowest BCUT2D eigenvalue weighted by atomic mass is 10.1. The number of thioether (sulfide) groups is 1. The number of hydrogen-bond donors (Lipinski definition) is 1. The molecule has 2 aromatic carbocycles. The fourth-order valence-electron chi connectivity index (χ4n) is 3.69. The Bertz CT molecular complexity index is 1130. The maximum atomic E-state index is 12.6. The average Bonchev–Trinajstić information content (AvgIpc) is 3.22. The van der Waals surface area contributed by atoms with Gasteiger partial charge in [-0.25, -0.2) is 0 Å². The van der Waals surface area contributed by atoms with E-state index in [0.717, 1.165) is 24.6 Å². The number of likely N-dealkylation sites (tertiary alicyclic amines) is 1. The van der Waals surface area contributed by atoms with Crippen molar-refractivity contribution in [1.82, 2.24) is 19.7 Å². The summed E-state index contributed by atoms with van der Waals surface area (Å²) in [5.74, 6) is 0.531. The molecule has 0 aliphatic carbocycles. The third-order valence-electron chi connectivity index (χ3n) is 5.30. The fourth-order valence-corrected chi connectivity index (χ4v) is 4.62. The quantitative estimate of drug-likeness (QED) is 0.283. The summed E-state index contributed by atoms with van der Waals surface area (Å²) >= 11 is 7.34. The van der Waals surface area contributed by atoms with Crippen LogP contribution in [0.25, 0.3) is 5.69 Å². The molecule has 4 rings (SSSR count). The largest absolute Gasteiger partial charge is 0.324 e. The maximum Gasteiger partial charge on any atom is 0.271 e. The number of non-ortho nitro benzene ring substituents is 1. The molecule has 1 aromatic heterocycles. The van der Waals surface area contributed by atoms with Crippen molar-refractivity contribution < 1.29 is 9.72 Å². The number of rotatable bonds is 8. The van der Waals surface area contributed by atoms with Crippen LogP contribution in [0.5, 0.6) is 0 Å². The minimum Gasteiger partial charge on any atom is -0.324 e. The average molecular weight is 487 g/mol. The van der Waals surface area contributed by atoms with Gasteiger partial charge in [-0.3, -0.25) is 24.4 Å². The number of halogens is 1. The number of amides is 1. The molecule has 9 nitrogen and oxygen atoms in total. The zero-order chi connectivity index (χ0) is 23.2. The number of nitro benzene ring substituents is 1. The van der Waals surface area contributed by atoms with E-state index in [4.69, 9.17) is 11.6 Å². The molecule has 0 radical (unpaired) electrons. The van der Waals surface area contributed by atoms with Gasteiger partial charge in [0.15, 0.2) is 11.0 Å². The lowest BCUT2D eigenvalue weighted by Crippen LogP contribution is -2.30. The van der Waals surface area contributed by atoms with E-state index in [0.29, 0.717) is 11.7 Å². The van der Waals surface area contributed by atoms with Crippen molar-refractivity contribution in [3.05, 3.63) is 69.5 Å². The van der Waals surface area contributed by atoms with Gasteiger partial charge in [0.25, 0.3) is 5.69 Å². The Kier molecular flexibility index (Phi) is 7.58. The van der Waals surface area contributed by atoms with Crippen LogP contribution in [-0.2, 0) is 11.3 Å². The first-order chi connectivity index (χ1) is 16.0. The standard InChI is InChI=1S/C22H23ClN6O3S/c23-18-10-9-17(29(31)32)13-19(18)24-21(30)15-33-22-26-25-20(14-27-11-5-2-6-12-27)28(22)16-7-3-1-4-8-16/h1,3-4,7-10,13H,2,5-6,11-12,14-15H2,(H,24,30). The Morgan fingerprint density at radius 2 is 1.88 bits per heavy atom. The van der Waals surface area contributed by atoms with Crippen LogP contribution in [0.4, 0.5) is 11.4 Å². The van der Waals surface area contributed by atoms with E-state index >= 15 is 0 Å². The second-order valence-corrected chi connectivity index (χ2v) is 9.01. The molecule has 1 amide bonds. The van der Waals surface area contributed by atoms with Crippen molar-refractivity contribution in [3.63, 3.8) is 0 Å². The molecular weight excluding hydrogens is 464 g/mol. The fraction of sp³-hybridized carbons (Fsp3) is 0.318. The molecule has 1 aliphatic rings. The van der Waals surface area contributed by atoms with Gasteiger partial charge < -0.3 is 5.32 Å². The summed E-state index contributed by atoms with van der Waals surface area (Å²) in [6.07, 6.45) is 3.62. The highest BCUT2D eigenvalue weighted by molar-refractivity contribution is 7.99. The van der Waals surface area contributed by atoms with Crippen LogP contribution in [-0.4, -0.2) is 49.3 Å². The Morgan fingerprint density at radius 3 is 2.61 bits per heavy atom.